The smallest absolute Gasteiger partial charge is 0.233 e. The number of benzene rings is 5. The lowest BCUT2D eigenvalue weighted by Crippen LogP contribution is -2.12. The third-order valence-corrected chi connectivity index (χ3v) is 7.92. The third kappa shape index (κ3) is 3.40. The minimum Gasteiger partial charge on any atom is -0.233 e. The molecule has 34 heavy (non-hydrogen) atoms. The van der Waals surface area contributed by atoms with Crippen LogP contribution in [0.15, 0.2) is 120 Å². The van der Waals surface area contributed by atoms with Gasteiger partial charge in [-0.3, -0.25) is 0 Å². The molecule has 3 nitrogen and oxygen atoms in total. The number of fused-ring (bicyclic) bond motifs is 4. The van der Waals surface area contributed by atoms with E-state index in [1.807, 2.05) is 66.7 Å². The molecule has 0 aliphatic carbocycles. The lowest BCUT2D eigenvalue weighted by molar-refractivity contribution is 0.590. The van der Waals surface area contributed by atoms with E-state index in [0.29, 0.717) is 11.0 Å². The summed E-state index contributed by atoms with van der Waals surface area (Å²) in [6.07, 6.45) is 4.09. The molecule has 0 N–H and O–H groups in total. The molecule has 0 atom stereocenters. The molecule has 0 fully saturated rings. The average molecular weight is 460 g/mol. The van der Waals surface area contributed by atoms with Crippen molar-refractivity contribution in [3.63, 3.8) is 0 Å². The number of rotatable bonds is 4. The summed E-state index contributed by atoms with van der Waals surface area (Å²) in [5.41, 5.74) is 3.38. The summed E-state index contributed by atoms with van der Waals surface area (Å²) in [5, 5.41) is 4.23. The van der Waals surface area contributed by atoms with E-state index < -0.39 is 10.0 Å². The largest absolute Gasteiger partial charge is 0.268 e. The van der Waals surface area contributed by atoms with Crippen molar-refractivity contribution in [3.8, 4) is 0 Å². The van der Waals surface area contributed by atoms with Crippen molar-refractivity contribution in [3.05, 3.63) is 126 Å². The molecule has 0 aliphatic rings. The van der Waals surface area contributed by atoms with Crippen molar-refractivity contribution in [1.82, 2.24) is 3.97 Å². The van der Waals surface area contributed by atoms with Gasteiger partial charge in [-0.2, -0.15) is 0 Å². The lowest BCUT2D eigenvalue weighted by atomic mass is 10.1. The molecule has 0 spiro atoms. The minimum absolute atomic E-state index is 0.273. The van der Waals surface area contributed by atoms with E-state index in [1.54, 1.807) is 24.3 Å². The van der Waals surface area contributed by atoms with E-state index in [4.69, 9.17) is 0 Å². The molecule has 0 radical (unpaired) electrons. The Morgan fingerprint density at radius 2 is 1.15 bits per heavy atom. The Labute approximate surface area is 198 Å². The van der Waals surface area contributed by atoms with Gasteiger partial charge in [0.05, 0.1) is 15.9 Å². The quantitative estimate of drug-likeness (QED) is 0.258. The van der Waals surface area contributed by atoms with Crippen LogP contribution in [0.5, 0.6) is 0 Å². The second-order valence-electron chi connectivity index (χ2n) is 8.32. The Morgan fingerprint density at radius 1 is 0.529 bits per heavy atom. The van der Waals surface area contributed by atoms with Gasteiger partial charge in [0.2, 0.25) is 0 Å². The summed E-state index contributed by atoms with van der Waals surface area (Å²) in [6.45, 7) is 0. The van der Waals surface area contributed by atoms with E-state index in [0.717, 1.165) is 21.9 Å². The van der Waals surface area contributed by atoms with Crippen molar-refractivity contribution in [1.29, 1.82) is 0 Å². The summed E-state index contributed by atoms with van der Waals surface area (Å²) in [6, 6.07) is 36.9. The van der Waals surface area contributed by atoms with E-state index >= 15 is 0 Å². The summed E-state index contributed by atoms with van der Waals surface area (Å²) in [5.74, 6) is 0. The van der Waals surface area contributed by atoms with Gasteiger partial charge in [0.25, 0.3) is 10.0 Å². The molecular formula is C30H21NO2S. The zero-order valence-electron chi connectivity index (χ0n) is 18.3. The van der Waals surface area contributed by atoms with Crippen LogP contribution in [0.1, 0.15) is 11.1 Å². The van der Waals surface area contributed by atoms with Gasteiger partial charge in [-0.05, 0) is 52.2 Å². The standard InChI is InChI=1S/C30H21NO2S/c32-34(33,26-10-2-1-3-11-26)31-29-13-7-6-12-27(29)28-19-17-23(21-30(28)31)15-14-22-16-18-24-8-4-5-9-25(24)20-22/h1-21H/b15-14+. The first kappa shape index (κ1) is 20.5. The highest BCUT2D eigenvalue weighted by molar-refractivity contribution is 7.90. The molecule has 0 bridgehead atoms. The maximum atomic E-state index is 13.7. The van der Waals surface area contributed by atoms with E-state index in [1.165, 1.54) is 14.7 Å². The molecule has 0 unspecified atom stereocenters. The monoisotopic (exact) mass is 459 g/mol. The molecule has 0 saturated carbocycles. The zero-order chi connectivity index (χ0) is 23.1. The topological polar surface area (TPSA) is 39.1 Å². The SMILES string of the molecule is O=S(=O)(c1ccccc1)n1c2ccccc2c2ccc(/C=C/c3ccc4ccccc4c3)cc21. The summed E-state index contributed by atoms with van der Waals surface area (Å²) in [4.78, 5) is 0.273. The van der Waals surface area contributed by atoms with Gasteiger partial charge in [0.15, 0.2) is 0 Å². The lowest BCUT2D eigenvalue weighted by Gasteiger charge is -2.09. The first-order chi connectivity index (χ1) is 16.6. The third-order valence-electron chi connectivity index (χ3n) is 6.18. The molecular weight excluding hydrogens is 438 g/mol. The predicted octanol–water partition coefficient (Wildman–Crippen LogP) is 7.36. The average Bonchev–Trinajstić information content (AvgIpc) is 3.22. The van der Waals surface area contributed by atoms with Gasteiger partial charge in [-0.15, -0.1) is 0 Å². The van der Waals surface area contributed by atoms with E-state index in [2.05, 4.69) is 36.4 Å². The van der Waals surface area contributed by atoms with Gasteiger partial charge < -0.3 is 0 Å². The molecule has 164 valence electrons. The fourth-order valence-electron chi connectivity index (χ4n) is 4.52. The van der Waals surface area contributed by atoms with Crippen LogP contribution in [0.25, 0.3) is 44.7 Å². The van der Waals surface area contributed by atoms with Gasteiger partial charge in [0.1, 0.15) is 0 Å². The van der Waals surface area contributed by atoms with E-state index in [-0.39, 0.29) is 4.90 Å². The maximum absolute atomic E-state index is 13.7. The second-order valence-corrected chi connectivity index (χ2v) is 10.1. The molecule has 4 heteroatoms. The van der Waals surface area contributed by atoms with Crippen LogP contribution in [0.3, 0.4) is 0 Å². The molecule has 6 rings (SSSR count). The normalized spacial score (nSPS) is 12.2. The summed E-state index contributed by atoms with van der Waals surface area (Å²) in [7, 11) is -3.76. The van der Waals surface area contributed by atoms with Crippen molar-refractivity contribution in [2.24, 2.45) is 0 Å². The Balaban J connectivity index is 1.51. The molecule has 0 saturated heterocycles. The van der Waals surface area contributed by atoms with Crippen LogP contribution in [-0.2, 0) is 10.0 Å². The fourth-order valence-corrected chi connectivity index (χ4v) is 6.06. The number of hydrogen-bond acceptors (Lipinski definition) is 2. The van der Waals surface area contributed by atoms with Crippen LogP contribution in [0.4, 0.5) is 0 Å². The van der Waals surface area contributed by atoms with Gasteiger partial charge in [-0.1, -0.05) is 97.1 Å². The van der Waals surface area contributed by atoms with Crippen LogP contribution in [-0.4, -0.2) is 12.4 Å². The Hall–Kier alpha value is -4.15. The minimum atomic E-state index is -3.76. The summed E-state index contributed by atoms with van der Waals surface area (Å²) >= 11 is 0. The highest BCUT2D eigenvalue weighted by Crippen LogP contribution is 2.33. The Morgan fingerprint density at radius 3 is 1.97 bits per heavy atom. The number of nitrogens with zero attached hydrogens (tertiary/aromatic N) is 1. The Kier molecular flexibility index (Phi) is 4.82. The fraction of sp³-hybridized carbons (Fsp3) is 0. The van der Waals surface area contributed by atoms with Gasteiger partial charge in [0, 0.05) is 10.8 Å². The van der Waals surface area contributed by atoms with Crippen LogP contribution >= 0.6 is 0 Å². The number of para-hydroxylation sites is 1. The number of aromatic nitrogens is 1. The first-order valence-corrected chi connectivity index (χ1v) is 12.6. The zero-order valence-corrected chi connectivity index (χ0v) is 19.1. The van der Waals surface area contributed by atoms with Crippen LogP contribution in [0, 0.1) is 0 Å². The molecule has 6 aromatic rings. The predicted molar refractivity (Wildman–Crippen MR) is 141 cm³/mol. The molecule has 1 heterocycles. The highest BCUT2D eigenvalue weighted by atomic mass is 32.2. The van der Waals surface area contributed by atoms with Crippen molar-refractivity contribution >= 4 is 54.8 Å². The molecule has 0 amide bonds. The maximum Gasteiger partial charge on any atom is 0.268 e. The molecule has 5 aromatic carbocycles. The van der Waals surface area contributed by atoms with Crippen molar-refractivity contribution in [2.45, 2.75) is 4.90 Å². The highest BCUT2D eigenvalue weighted by Gasteiger charge is 2.22. The van der Waals surface area contributed by atoms with Gasteiger partial charge >= 0.3 is 0 Å². The van der Waals surface area contributed by atoms with Crippen LogP contribution < -0.4 is 0 Å². The van der Waals surface area contributed by atoms with Gasteiger partial charge in [-0.25, -0.2) is 12.4 Å². The molecule has 1 aromatic heterocycles. The van der Waals surface area contributed by atoms with E-state index in [9.17, 15) is 8.42 Å². The van der Waals surface area contributed by atoms with Crippen LogP contribution in [0.2, 0.25) is 0 Å². The number of hydrogen-bond donors (Lipinski definition) is 0. The van der Waals surface area contributed by atoms with Crippen molar-refractivity contribution in [2.75, 3.05) is 0 Å². The van der Waals surface area contributed by atoms with Crippen molar-refractivity contribution < 1.29 is 8.42 Å². The Bertz CT molecular complexity index is 1810. The summed E-state index contributed by atoms with van der Waals surface area (Å²) < 4.78 is 28.8. The first-order valence-electron chi connectivity index (χ1n) is 11.1. The second kappa shape index (κ2) is 8.01. The molecule has 0 aliphatic heterocycles.